The first kappa shape index (κ1) is 13.2. The van der Waals surface area contributed by atoms with E-state index in [9.17, 15) is 4.79 Å². The molecule has 0 fully saturated rings. The van der Waals surface area contributed by atoms with Crippen molar-refractivity contribution in [3.63, 3.8) is 0 Å². The molecule has 80 valence electrons. The first-order chi connectivity index (χ1) is 7.16. The van der Waals surface area contributed by atoms with Gasteiger partial charge in [0.2, 0.25) is 0 Å². The van der Waals surface area contributed by atoms with Gasteiger partial charge in [0.1, 0.15) is 0 Å². The van der Waals surface area contributed by atoms with E-state index in [0.29, 0.717) is 0 Å². The lowest BCUT2D eigenvalue weighted by molar-refractivity contribution is -0.135. The van der Waals surface area contributed by atoms with Crippen LogP contribution in [-0.2, 0) is 4.79 Å². The summed E-state index contributed by atoms with van der Waals surface area (Å²) >= 11 is 0. The van der Waals surface area contributed by atoms with E-state index < -0.39 is 5.97 Å². The molecule has 0 aromatic heterocycles. The van der Waals surface area contributed by atoms with Gasteiger partial charge in [-0.05, 0) is 26.0 Å². The smallest absolute Gasteiger partial charge is 0.307 e. The highest BCUT2D eigenvalue weighted by molar-refractivity contribution is 5.68. The molecule has 0 heterocycles. The second kappa shape index (κ2) is 8.79. The molecule has 1 aromatic rings. The number of carboxylic acids is 1. The molecule has 0 spiro atoms. The minimum Gasteiger partial charge on any atom is -0.481 e. The Morgan fingerprint density at radius 2 is 2.00 bits per heavy atom. The van der Waals surface area contributed by atoms with E-state index in [1.165, 1.54) is 11.6 Å². The molecule has 0 bridgehead atoms. The van der Waals surface area contributed by atoms with Crippen molar-refractivity contribution < 1.29 is 9.90 Å². The summed E-state index contributed by atoms with van der Waals surface area (Å²) in [6, 6.07) is 10.3. The third-order valence-electron chi connectivity index (χ3n) is 1.50. The molecule has 0 aliphatic rings. The van der Waals surface area contributed by atoms with Gasteiger partial charge in [-0.1, -0.05) is 35.9 Å². The third kappa shape index (κ3) is 10.1. The maximum absolute atomic E-state index is 9.79. The number of carboxylic acid groups (broad SMARTS) is 1. The Morgan fingerprint density at radius 1 is 1.40 bits per heavy atom. The van der Waals surface area contributed by atoms with Crippen LogP contribution in [0.2, 0.25) is 0 Å². The highest BCUT2D eigenvalue weighted by Crippen LogP contribution is 1.92. The van der Waals surface area contributed by atoms with E-state index in [1.807, 2.05) is 18.2 Å². The first-order valence-electron chi connectivity index (χ1n) is 4.75. The molecular formula is C13H16O2. The van der Waals surface area contributed by atoms with Crippen molar-refractivity contribution in [2.24, 2.45) is 0 Å². The molecule has 0 unspecified atom stereocenters. The molecule has 15 heavy (non-hydrogen) atoms. The first-order valence-corrected chi connectivity index (χ1v) is 4.75. The Bertz CT molecular complexity index is 333. The van der Waals surface area contributed by atoms with Crippen LogP contribution in [0.4, 0.5) is 0 Å². The van der Waals surface area contributed by atoms with Crippen molar-refractivity contribution in [2.75, 3.05) is 0 Å². The van der Waals surface area contributed by atoms with Crippen molar-refractivity contribution in [1.82, 2.24) is 0 Å². The second-order valence-electron chi connectivity index (χ2n) is 2.91. The molecule has 0 saturated heterocycles. The van der Waals surface area contributed by atoms with Crippen LogP contribution in [0, 0.1) is 6.92 Å². The van der Waals surface area contributed by atoms with Crippen molar-refractivity contribution >= 4 is 5.97 Å². The quantitative estimate of drug-likeness (QED) is 0.751. The van der Waals surface area contributed by atoms with Crippen LogP contribution < -0.4 is 0 Å². The van der Waals surface area contributed by atoms with Gasteiger partial charge in [0.25, 0.3) is 0 Å². The van der Waals surface area contributed by atoms with E-state index in [-0.39, 0.29) is 6.42 Å². The number of hydrogen-bond donors (Lipinski definition) is 1. The van der Waals surface area contributed by atoms with E-state index >= 15 is 0 Å². The summed E-state index contributed by atoms with van der Waals surface area (Å²) in [7, 11) is 0. The fraction of sp³-hybridized carbons (Fsp3) is 0.231. The van der Waals surface area contributed by atoms with Crippen molar-refractivity contribution in [1.29, 1.82) is 0 Å². The molecule has 1 N–H and O–H groups in total. The zero-order valence-electron chi connectivity index (χ0n) is 9.10. The summed E-state index contributed by atoms with van der Waals surface area (Å²) in [5.74, 6) is -0.820. The molecule has 2 nitrogen and oxygen atoms in total. The van der Waals surface area contributed by atoms with Crippen LogP contribution in [0.5, 0.6) is 0 Å². The normalized spacial score (nSPS) is 7.87. The highest BCUT2D eigenvalue weighted by atomic mass is 16.4. The summed E-state index contributed by atoms with van der Waals surface area (Å²) in [5, 5.41) is 8.05. The number of aryl methyl sites for hydroxylation is 1. The zero-order valence-corrected chi connectivity index (χ0v) is 9.10. The summed E-state index contributed by atoms with van der Waals surface area (Å²) in [5.41, 5.74) is 3.97. The summed E-state index contributed by atoms with van der Waals surface area (Å²) in [4.78, 5) is 9.79. The van der Waals surface area contributed by atoms with Crippen LogP contribution >= 0.6 is 0 Å². The van der Waals surface area contributed by atoms with Gasteiger partial charge in [-0.2, -0.15) is 0 Å². The molecular weight excluding hydrogens is 188 g/mol. The van der Waals surface area contributed by atoms with Gasteiger partial charge < -0.3 is 5.11 Å². The molecule has 0 aliphatic heterocycles. The molecule has 2 heteroatoms. The Morgan fingerprint density at radius 3 is 2.33 bits per heavy atom. The monoisotopic (exact) mass is 204 g/mol. The number of carbonyl (C=O) groups is 1. The fourth-order valence-electron chi connectivity index (χ4n) is 0.798. The SMILES string of the molecule is CC=C=CCC(=O)O.Cc1ccccc1. The number of hydrogen-bond acceptors (Lipinski definition) is 1. The van der Waals surface area contributed by atoms with E-state index in [2.05, 4.69) is 24.8 Å². The maximum atomic E-state index is 9.79. The Hall–Kier alpha value is -1.79. The van der Waals surface area contributed by atoms with Crippen molar-refractivity contribution in [3.8, 4) is 0 Å². The third-order valence-corrected chi connectivity index (χ3v) is 1.50. The van der Waals surface area contributed by atoms with Crippen LogP contribution in [-0.4, -0.2) is 11.1 Å². The minimum atomic E-state index is -0.820. The Kier molecular flexibility index (Phi) is 7.74. The van der Waals surface area contributed by atoms with E-state index in [0.717, 1.165) is 0 Å². The zero-order chi connectivity index (χ0) is 11.5. The van der Waals surface area contributed by atoms with Gasteiger partial charge >= 0.3 is 5.97 Å². The predicted molar refractivity (Wildman–Crippen MR) is 61.8 cm³/mol. The number of benzene rings is 1. The van der Waals surface area contributed by atoms with Gasteiger partial charge in [0.05, 0.1) is 6.42 Å². The van der Waals surface area contributed by atoms with Gasteiger partial charge in [0.15, 0.2) is 0 Å². The number of aliphatic carboxylic acids is 1. The van der Waals surface area contributed by atoms with Crippen LogP contribution in [0.25, 0.3) is 0 Å². The van der Waals surface area contributed by atoms with E-state index in [4.69, 9.17) is 5.11 Å². The second-order valence-corrected chi connectivity index (χ2v) is 2.91. The fourth-order valence-corrected chi connectivity index (χ4v) is 0.798. The molecule has 1 rings (SSSR count). The Balaban J connectivity index is 0.000000262. The van der Waals surface area contributed by atoms with Crippen molar-refractivity contribution in [3.05, 3.63) is 53.8 Å². The molecule has 0 saturated carbocycles. The molecule has 0 atom stereocenters. The minimum absolute atomic E-state index is 0.0599. The van der Waals surface area contributed by atoms with E-state index in [1.54, 1.807) is 13.0 Å². The maximum Gasteiger partial charge on any atom is 0.307 e. The van der Waals surface area contributed by atoms with Gasteiger partial charge in [-0.25, -0.2) is 0 Å². The molecule has 1 aromatic carbocycles. The molecule has 0 radical (unpaired) electrons. The number of rotatable bonds is 2. The lowest BCUT2D eigenvalue weighted by atomic mass is 10.2. The van der Waals surface area contributed by atoms with Gasteiger partial charge in [0, 0.05) is 0 Å². The standard InChI is InChI=1S/C7H8.C6H8O2/c1-7-5-3-2-4-6-7;1-2-3-4-5-6(7)8/h2-6H,1H3;2,4H,5H2,1H3,(H,7,8). The van der Waals surface area contributed by atoms with Crippen LogP contribution in [0.3, 0.4) is 0 Å². The molecule has 0 amide bonds. The van der Waals surface area contributed by atoms with Crippen LogP contribution in [0.15, 0.2) is 48.2 Å². The lowest BCUT2D eigenvalue weighted by Gasteiger charge is -1.82. The molecule has 0 aliphatic carbocycles. The Labute approximate surface area is 90.6 Å². The van der Waals surface area contributed by atoms with Gasteiger partial charge in [-0.15, -0.1) is 5.73 Å². The average Bonchev–Trinajstić information content (AvgIpc) is 2.20. The average molecular weight is 204 g/mol. The van der Waals surface area contributed by atoms with Crippen molar-refractivity contribution in [2.45, 2.75) is 20.3 Å². The topological polar surface area (TPSA) is 37.3 Å². The van der Waals surface area contributed by atoms with Gasteiger partial charge in [-0.3, -0.25) is 4.79 Å². The highest BCUT2D eigenvalue weighted by Gasteiger charge is 1.85. The summed E-state index contributed by atoms with van der Waals surface area (Å²) < 4.78 is 0. The lowest BCUT2D eigenvalue weighted by Crippen LogP contribution is -1.88. The summed E-state index contributed by atoms with van der Waals surface area (Å²) in [6.07, 6.45) is 3.20. The van der Waals surface area contributed by atoms with Crippen LogP contribution in [0.1, 0.15) is 18.9 Å². The largest absolute Gasteiger partial charge is 0.481 e. The predicted octanol–water partition coefficient (Wildman–Crippen LogP) is 3.19. The summed E-state index contributed by atoms with van der Waals surface area (Å²) in [6.45, 7) is 3.87.